The number of likely N-dealkylation sites (tertiary alicyclic amines) is 1. The highest BCUT2D eigenvalue weighted by Gasteiger charge is 2.39. The number of nitrogens with zero attached hydrogens (tertiary/aromatic N) is 1. The lowest BCUT2D eigenvalue weighted by Gasteiger charge is -2.30. The fourth-order valence-electron chi connectivity index (χ4n) is 3.60. The maximum Gasteiger partial charge on any atom is 0.327 e. The molecule has 0 spiro atoms. The number of thiol groups is 1. The van der Waals surface area contributed by atoms with Crippen LogP contribution in [0.1, 0.15) is 32.3 Å². The van der Waals surface area contributed by atoms with Gasteiger partial charge in [0, 0.05) is 18.7 Å². The first-order valence-electron chi connectivity index (χ1n) is 10.8. The Morgan fingerprint density at radius 2 is 1.79 bits per heavy atom. The number of rotatable bonds is 10. The summed E-state index contributed by atoms with van der Waals surface area (Å²) in [6.45, 7) is 3.89. The topological polar surface area (TPSA) is 162 Å². The van der Waals surface area contributed by atoms with Crippen LogP contribution in [-0.4, -0.2) is 75.3 Å². The summed E-state index contributed by atoms with van der Waals surface area (Å²) in [6, 6.07) is 2.42. The molecule has 4 atom stereocenters. The number of phenols is 1. The lowest BCUT2D eigenvalue weighted by molar-refractivity contribution is -0.144. The van der Waals surface area contributed by atoms with E-state index in [1.807, 2.05) is 0 Å². The van der Waals surface area contributed by atoms with Gasteiger partial charge >= 0.3 is 5.97 Å². The average Bonchev–Trinajstić information content (AvgIpc) is 3.26. The predicted molar refractivity (Wildman–Crippen MR) is 125 cm³/mol. The van der Waals surface area contributed by atoms with Gasteiger partial charge in [-0.2, -0.15) is 12.6 Å². The van der Waals surface area contributed by atoms with E-state index in [-0.39, 0.29) is 23.8 Å². The first-order chi connectivity index (χ1) is 15.5. The molecule has 3 amide bonds. The van der Waals surface area contributed by atoms with Gasteiger partial charge in [-0.25, -0.2) is 4.79 Å². The third-order valence-corrected chi connectivity index (χ3v) is 6.01. The number of hydrogen-bond acceptors (Lipinski definition) is 7. The maximum absolute atomic E-state index is 13.5. The van der Waals surface area contributed by atoms with Crippen LogP contribution in [0.3, 0.4) is 0 Å². The minimum absolute atomic E-state index is 0.0703. The summed E-state index contributed by atoms with van der Waals surface area (Å²) < 4.78 is 0. The van der Waals surface area contributed by atoms with E-state index in [2.05, 4.69) is 23.3 Å². The van der Waals surface area contributed by atoms with Crippen LogP contribution in [0.15, 0.2) is 24.3 Å². The molecule has 0 aliphatic carbocycles. The Balaban J connectivity index is 2.23. The highest BCUT2D eigenvalue weighted by Crippen LogP contribution is 2.21. The number of hydrogen-bond donors (Lipinski definition) is 6. The molecule has 0 radical (unpaired) electrons. The zero-order valence-electron chi connectivity index (χ0n) is 18.7. The lowest BCUT2D eigenvalue weighted by atomic mass is 10.0. The molecule has 182 valence electrons. The molecule has 0 aromatic heterocycles. The number of nitrogens with one attached hydrogen (secondary N) is 2. The van der Waals surface area contributed by atoms with Gasteiger partial charge in [-0.1, -0.05) is 26.0 Å². The van der Waals surface area contributed by atoms with E-state index < -0.39 is 47.9 Å². The van der Waals surface area contributed by atoms with Gasteiger partial charge in [-0.05, 0) is 36.5 Å². The molecule has 10 nitrogen and oxygen atoms in total. The van der Waals surface area contributed by atoms with Crippen molar-refractivity contribution in [2.45, 2.75) is 57.3 Å². The van der Waals surface area contributed by atoms with Crippen molar-refractivity contribution in [2.24, 2.45) is 11.7 Å². The van der Waals surface area contributed by atoms with E-state index in [4.69, 9.17) is 5.73 Å². The van der Waals surface area contributed by atoms with Crippen LogP contribution >= 0.6 is 12.6 Å². The standard InChI is InChI=1S/C22H32N4O6S/c1-12(2)18(23)20(29)24-15(10-13-5-7-14(27)8-6-13)21(30)26-9-3-4-17(26)19(28)25-16(11-33)22(31)32/h5-8,12,15-18,27,33H,3-4,9-11,23H2,1-2H3,(H,24,29)(H,25,28)(H,31,32). The van der Waals surface area contributed by atoms with Crippen molar-refractivity contribution in [1.82, 2.24) is 15.5 Å². The fourth-order valence-corrected chi connectivity index (χ4v) is 3.84. The van der Waals surface area contributed by atoms with Crippen molar-refractivity contribution >= 4 is 36.3 Å². The van der Waals surface area contributed by atoms with Gasteiger partial charge in [0.25, 0.3) is 0 Å². The number of aromatic hydroxyl groups is 1. The molecule has 2 rings (SSSR count). The van der Waals surface area contributed by atoms with Crippen molar-refractivity contribution < 1.29 is 29.4 Å². The Morgan fingerprint density at radius 1 is 1.15 bits per heavy atom. The van der Waals surface area contributed by atoms with E-state index in [0.29, 0.717) is 24.9 Å². The molecule has 6 N–H and O–H groups in total. The summed E-state index contributed by atoms with van der Waals surface area (Å²) in [7, 11) is 0. The first-order valence-corrected chi connectivity index (χ1v) is 11.5. The molecule has 0 saturated carbocycles. The third-order valence-electron chi connectivity index (χ3n) is 5.65. The molecule has 1 aromatic carbocycles. The van der Waals surface area contributed by atoms with Crippen molar-refractivity contribution in [3.05, 3.63) is 29.8 Å². The van der Waals surface area contributed by atoms with Crippen LogP contribution in [0.25, 0.3) is 0 Å². The summed E-state index contributed by atoms with van der Waals surface area (Å²) in [5, 5.41) is 23.8. The van der Waals surface area contributed by atoms with Crippen LogP contribution in [-0.2, 0) is 25.6 Å². The third kappa shape index (κ3) is 7.10. The van der Waals surface area contributed by atoms with Crippen molar-refractivity contribution in [1.29, 1.82) is 0 Å². The van der Waals surface area contributed by atoms with Gasteiger partial charge in [0.1, 0.15) is 23.9 Å². The Hall–Kier alpha value is -2.79. The molecule has 4 unspecified atom stereocenters. The zero-order valence-corrected chi connectivity index (χ0v) is 19.6. The van der Waals surface area contributed by atoms with Crippen molar-refractivity contribution in [3.8, 4) is 5.75 Å². The monoisotopic (exact) mass is 480 g/mol. The highest BCUT2D eigenvalue weighted by atomic mass is 32.1. The van der Waals surface area contributed by atoms with Gasteiger partial charge in [-0.3, -0.25) is 14.4 Å². The molecule has 11 heteroatoms. The molecule has 1 aliphatic heterocycles. The second kappa shape index (κ2) is 11.9. The Labute approximate surface area is 198 Å². The summed E-state index contributed by atoms with van der Waals surface area (Å²) >= 11 is 3.95. The van der Waals surface area contributed by atoms with Crippen LogP contribution in [0, 0.1) is 5.92 Å². The van der Waals surface area contributed by atoms with E-state index in [1.165, 1.54) is 17.0 Å². The summed E-state index contributed by atoms with van der Waals surface area (Å²) in [4.78, 5) is 51.5. The Bertz CT molecular complexity index is 863. The number of carbonyl (C=O) groups is 4. The summed E-state index contributed by atoms with van der Waals surface area (Å²) in [6.07, 6.45) is 1.07. The van der Waals surface area contributed by atoms with Gasteiger partial charge < -0.3 is 31.5 Å². The molecule has 1 fully saturated rings. The highest BCUT2D eigenvalue weighted by molar-refractivity contribution is 7.80. The number of carboxylic acids is 1. The predicted octanol–water partition coefficient (Wildman–Crippen LogP) is -0.107. The van der Waals surface area contributed by atoms with E-state index in [9.17, 15) is 29.4 Å². The maximum atomic E-state index is 13.5. The number of phenolic OH excluding ortho intramolecular Hbond substituents is 1. The molecule has 1 aromatic rings. The fraction of sp³-hybridized carbons (Fsp3) is 0.545. The Kier molecular flexibility index (Phi) is 9.54. The van der Waals surface area contributed by atoms with Crippen LogP contribution in [0.4, 0.5) is 0 Å². The molecule has 0 bridgehead atoms. The lowest BCUT2D eigenvalue weighted by Crippen LogP contribution is -2.58. The quantitative estimate of drug-likeness (QED) is 0.255. The van der Waals surface area contributed by atoms with Crippen LogP contribution in [0.2, 0.25) is 0 Å². The zero-order chi connectivity index (χ0) is 24.7. The van der Waals surface area contributed by atoms with Crippen LogP contribution < -0.4 is 16.4 Å². The first kappa shape index (κ1) is 26.5. The smallest absolute Gasteiger partial charge is 0.327 e. The molecule has 1 aliphatic rings. The largest absolute Gasteiger partial charge is 0.508 e. The van der Waals surface area contributed by atoms with Gasteiger partial charge in [0.15, 0.2) is 0 Å². The normalized spacial score (nSPS) is 18.5. The number of aliphatic carboxylic acids is 1. The molecular formula is C22H32N4O6S. The second-order valence-electron chi connectivity index (χ2n) is 8.47. The molecule has 1 saturated heterocycles. The van der Waals surface area contributed by atoms with Crippen molar-refractivity contribution in [3.63, 3.8) is 0 Å². The minimum Gasteiger partial charge on any atom is -0.508 e. The Morgan fingerprint density at radius 3 is 2.33 bits per heavy atom. The molecule has 1 heterocycles. The average molecular weight is 481 g/mol. The molecular weight excluding hydrogens is 448 g/mol. The second-order valence-corrected chi connectivity index (χ2v) is 8.84. The van der Waals surface area contributed by atoms with E-state index in [0.717, 1.165) is 0 Å². The number of amides is 3. The summed E-state index contributed by atoms with van der Waals surface area (Å²) in [5.74, 6) is -2.89. The number of carbonyl (C=O) groups excluding carboxylic acids is 3. The van der Waals surface area contributed by atoms with E-state index in [1.54, 1.807) is 26.0 Å². The van der Waals surface area contributed by atoms with Crippen molar-refractivity contribution in [2.75, 3.05) is 12.3 Å². The number of carboxylic acid groups (broad SMARTS) is 1. The van der Waals surface area contributed by atoms with Gasteiger partial charge in [0.05, 0.1) is 6.04 Å². The van der Waals surface area contributed by atoms with Gasteiger partial charge in [-0.15, -0.1) is 0 Å². The minimum atomic E-state index is -1.21. The number of nitrogens with two attached hydrogens (primary N) is 1. The van der Waals surface area contributed by atoms with Crippen LogP contribution in [0.5, 0.6) is 5.75 Å². The molecule has 33 heavy (non-hydrogen) atoms. The van der Waals surface area contributed by atoms with Gasteiger partial charge in [0.2, 0.25) is 17.7 Å². The van der Waals surface area contributed by atoms with E-state index >= 15 is 0 Å². The SMILES string of the molecule is CC(C)C(N)C(=O)NC(Cc1ccc(O)cc1)C(=O)N1CCCC1C(=O)NC(CS)C(=O)O. The number of benzene rings is 1. The summed E-state index contributed by atoms with van der Waals surface area (Å²) in [5.41, 5.74) is 6.65.